The highest BCUT2D eigenvalue weighted by Crippen LogP contribution is 2.37. The van der Waals surface area contributed by atoms with E-state index in [9.17, 15) is 4.79 Å². The number of aryl methyl sites for hydroxylation is 1. The van der Waals surface area contributed by atoms with Crippen LogP contribution in [0.25, 0.3) is 21.8 Å². The molecule has 0 unspecified atom stereocenters. The Morgan fingerprint density at radius 3 is 2.69 bits per heavy atom. The van der Waals surface area contributed by atoms with Crippen molar-refractivity contribution < 1.29 is 28.6 Å². The van der Waals surface area contributed by atoms with Crippen LogP contribution in [-0.2, 0) is 4.79 Å². The summed E-state index contributed by atoms with van der Waals surface area (Å²) in [6.45, 7) is 2.33. The van der Waals surface area contributed by atoms with Crippen LogP contribution in [0.3, 0.4) is 0 Å². The van der Waals surface area contributed by atoms with E-state index in [0.29, 0.717) is 52.8 Å². The van der Waals surface area contributed by atoms with E-state index in [1.807, 2.05) is 6.92 Å². The predicted octanol–water partition coefficient (Wildman–Crippen LogP) is 5.19. The zero-order valence-electron chi connectivity index (χ0n) is 19.6. The highest BCUT2D eigenvalue weighted by atomic mass is 19.1. The number of carbonyl (C=O) groups is 1. The number of amides is 1. The molecule has 0 bridgehead atoms. The normalized spacial score (nSPS) is 11.1. The fraction of sp³-hybridized carbons (Fsp3) is 0.320. The Bertz CT molecular complexity index is 1340. The lowest BCUT2D eigenvalue weighted by molar-refractivity contribution is -0.129. The third kappa shape index (κ3) is 5.60. The van der Waals surface area contributed by atoms with Crippen LogP contribution in [0, 0.1) is 12.7 Å². The quantitative estimate of drug-likeness (QED) is 0.153. The van der Waals surface area contributed by atoms with E-state index >= 15 is 4.39 Å². The van der Waals surface area contributed by atoms with Gasteiger partial charge in [0, 0.05) is 29.1 Å². The van der Waals surface area contributed by atoms with Gasteiger partial charge in [0.1, 0.15) is 6.33 Å². The first-order chi connectivity index (χ1) is 17.0. The van der Waals surface area contributed by atoms with Gasteiger partial charge < -0.3 is 19.2 Å². The Kier molecular flexibility index (Phi) is 7.61. The topological polar surface area (TPSA) is 119 Å². The van der Waals surface area contributed by atoms with E-state index in [2.05, 4.69) is 15.0 Å². The van der Waals surface area contributed by atoms with E-state index in [1.54, 1.807) is 35.8 Å². The van der Waals surface area contributed by atoms with Crippen molar-refractivity contribution in [3.05, 3.63) is 48.2 Å². The Labute approximate surface area is 201 Å². The highest BCUT2D eigenvalue weighted by molar-refractivity contribution is 5.87. The Balaban J connectivity index is 1.47. The molecule has 35 heavy (non-hydrogen) atoms. The smallest absolute Gasteiger partial charge is 0.243 e. The van der Waals surface area contributed by atoms with Crippen molar-refractivity contribution in [1.29, 1.82) is 0 Å². The number of hydroxylamine groups is 1. The van der Waals surface area contributed by atoms with Gasteiger partial charge in [-0.1, -0.05) is 12.8 Å². The highest BCUT2D eigenvalue weighted by Gasteiger charge is 2.16. The van der Waals surface area contributed by atoms with Crippen molar-refractivity contribution in [2.75, 3.05) is 13.7 Å². The van der Waals surface area contributed by atoms with E-state index < -0.39 is 5.82 Å². The molecule has 0 fully saturated rings. The number of aromatic amines is 1. The van der Waals surface area contributed by atoms with Gasteiger partial charge in [-0.3, -0.25) is 10.0 Å². The number of fused-ring (bicyclic) bond motifs is 2. The van der Waals surface area contributed by atoms with E-state index in [0.717, 1.165) is 25.0 Å². The largest absolute Gasteiger partial charge is 0.493 e. The molecule has 0 aliphatic rings. The van der Waals surface area contributed by atoms with E-state index in [1.165, 1.54) is 13.4 Å². The number of benzene rings is 2. The molecule has 4 rings (SSSR count). The lowest BCUT2D eigenvalue weighted by atomic mass is 10.1. The summed E-state index contributed by atoms with van der Waals surface area (Å²) in [6, 6.07) is 8.51. The molecule has 2 aromatic heterocycles. The number of methoxy groups -OCH3 is 1. The lowest BCUT2D eigenvalue weighted by Crippen LogP contribution is -2.17. The van der Waals surface area contributed by atoms with Gasteiger partial charge in [-0.25, -0.2) is 19.8 Å². The zero-order valence-corrected chi connectivity index (χ0v) is 19.6. The molecule has 0 saturated carbocycles. The Morgan fingerprint density at radius 1 is 1.06 bits per heavy atom. The first kappa shape index (κ1) is 24.2. The van der Waals surface area contributed by atoms with Crippen LogP contribution >= 0.6 is 0 Å². The second kappa shape index (κ2) is 11.0. The first-order valence-corrected chi connectivity index (χ1v) is 11.3. The Morgan fingerprint density at radius 2 is 1.89 bits per heavy atom. The fourth-order valence-corrected chi connectivity index (χ4v) is 3.84. The number of nitrogens with zero attached hydrogens (tertiary/aromatic N) is 2. The van der Waals surface area contributed by atoms with E-state index in [-0.39, 0.29) is 17.5 Å². The number of nitrogens with one attached hydrogen (secondary N) is 2. The Hall–Kier alpha value is -3.92. The molecule has 2 aromatic carbocycles. The zero-order chi connectivity index (χ0) is 24.8. The fourth-order valence-electron chi connectivity index (χ4n) is 3.84. The van der Waals surface area contributed by atoms with Crippen molar-refractivity contribution in [2.45, 2.75) is 39.0 Å². The lowest BCUT2D eigenvalue weighted by Gasteiger charge is -2.13. The molecule has 9 nitrogen and oxygen atoms in total. The summed E-state index contributed by atoms with van der Waals surface area (Å²) in [5, 5.41) is 9.51. The van der Waals surface area contributed by atoms with Gasteiger partial charge >= 0.3 is 0 Å². The van der Waals surface area contributed by atoms with Crippen LogP contribution in [0.2, 0.25) is 0 Å². The van der Waals surface area contributed by atoms with Gasteiger partial charge in [-0.2, -0.15) is 0 Å². The number of H-pyrrole nitrogens is 1. The molecule has 2 heterocycles. The number of aromatic nitrogens is 3. The van der Waals surface area contributed by atoms with Crippen molar-refractivity contribution in [2.24, 2.45) is 0 Å². The van der Waals surface area contributed by atoms with Crippen LogP contribution in [0.15, 0.2) is 36.7 Å². The minimum absolute atomic E-state index is 0.0623. The second-order valence-electron chi connectivity index (χ2n) is 8.14. The molecule has 10 heteroatoms. The molecule has 0 radical (unpaired) electrons. The molecule has 4 aromatic rings. The van der Waals surface area contributed by atoms with Crippen LogP contribution in [0.1, 0.15) is 37.8 Å². The summed E-state index contributed by atoms with van der Waals surface area (Å²) < 4.78 is 32.3. The van der Waals surface area contributed by atoms with Gasteiger partial charge in [0.15, 0.2) is 23.1 Å². The summed E-state index contributed by atoms with van der Waals surface area (Å²) in [4.78, 5) is 22.6. The van der Waals surface area contributed by atoms with Gasteiger partial charge in [0.05, 0.1) is 24.6 Å². The minimum atomic E-state index is -0.470. The van der Waals surface area contributed by atoms with E-state index in [4.69, 9.17) is 19.4 Å². The number of rotatable bonds is 11. The summed E-state index contributed by atoms with van der Waals surface area (Å²) in [5.74, 6) is 0.427. The summed E-state index contributed by atoms with van der Waals surface area (Å²) in [6.07, 6.45) is 4.87. The molecule has 184 valence electrons. The molecule has 1 amide bonds. The molecule has 0 spiro atoms. The van der Waals surface area contributed by atoms with Gasteiger partial charge in [0.25, 0.3) is 0 Å². The summed E-state index contributed by atoms with van der Waals surface area (Å²) in [5.41, 5.74) is 3.75. The van der Waals surface area contributed by atoms with Crippen LogP contribution in [0.5, 0.6) is 23.1 Å². The van der Waals surface area contributed by atoms with Gasteiger partial charge in [-0.15, -0.1) is 0 Å². The van der Waals surface area contributed by atoms with Crippen LogP contribution in [0.4, 0.5) is 4.39 Å². The molecule has 0 atom stereocenters. The average molecular weight is 483 g/mol. The van der Waals surface area contributed by atoms with Crippen molar-refractivity contribution in [3.8, 4) is 23.1 Å². The number of hydrogen-bond donors (Lipinski definition) is 3. The summed E-state index contributed by atoms with van der Waals surface area (Å²) in [7, 11) is 1.53. The van der Waals surface area contributed by atoms with Crippen molar-refractivity contribution in [1.82, 2.24) is 20.4 Å². The molecular formula is C25H27FN4O5. The second-order valence-corrected chi connectivity index (χ2v) is 8.14. The summed E-state index contributed by atoms with van der Waals surface area (Å²) >= 11 is 0. The maximum Gasteiger partial charge on any atom is 0.243 e. The van der Waals surface area contributed by atoms with Gasteiger partial charge in [0.2, 0.25) is 11.8 Å². The average Bonchev–Trinajstić information content (AvgIpc) is 3.25. The molecule has 0 saturated heterocycles. The number of unbranched alkanes of at least 4 members (excludes halogenated alkanes) is 3. The van der Waals surface area contributed by atoms with Gasteiger partial charge in [-0.05, 0) is 44.0 Å². The van der Waals surface area contributed by atoms with Crippen LogP contribution in [-0.4, -0.2) is 39.8 Å². The maximum absolute atomic E-state index is 15.0. The number of carbonyl (C=O) groups excluding carboxylic acids is 1. The molecular weight excluding hydrogens is 455 g/mol. The predicted molar refractivity (Wildman–Crippen MR) is 128 cm³/mol. The molecule has 0 aliphatic heterocycles. The first-order valence-electron chi connectivity index (χ1n) is 11.3. The minimum Gasteiger partial charge on any atom is -0.493 e. The number of hydrogen-bond acceptors (Lipinski definition) is 7. The maximum atomic E-state index is 15.0. The molecule has 3 N–H and O–H groups in total. The number of halogens is 1. The number of ether oxygens (including phenoxy) is 3. The SMILES string of the molecule is COc1cc2c(Oc3ccc4[nH]c(C)cc4c3F)ncnc2cc1OCCCCCCC(=O)NO. The van der Waals surface area contributed by atoms with Crippen molar-refractivity contribution in [3.63, 3.8) is 0 Å². The third-order valence-corrected chi connectivity index (χ3v) is 5.61. The monoisotopic (exact) mass is 482 g/mol. The standard InChI is InChI=1S/C25H27FN4O5/c1-15-11-16-18(29-15)8-9-20(24(16)26)35-25-17-12-21(33-2)22(13-19(17)27-14-28-25)34-10-6-4-3-5-7-23(31)30-32/h8-9,11-14,29,32H,3-7,10H2,1-2H3,(H,30,31). The third-order valence-electron chi connectivity index (χ3n) is 5.61. The van der Waals surface area contributed by atoms with Crippen LogP contribution < -0.4 is 19.7 Å². The van der Waals surface area contributed by atoms with Crippen molar-refractivity contribution >= 4 is 27.7 Å². The molecule has 0 aliphatic carbocycles.